The fraction of sp³-hybridized carbons (Fsp3) is 0.235. The maximum absolute atomic E-state index is 11.1. The monoisotopic (exact) mass is 283 g/mol. The number of amides is 1. The van der Waals surface area contributed by atoms with Gasteiger partial charge in [-0.25, -0.2) is 0 Å². The molecule has 0 aliphatic rings. The number of primary amides is 1. The number of benzene rings is 2. The molecule has 21 heavy (non-hydrogen) atoms. The number of nitrogen functional groups attached to an aromatic ring is 1. The molecule has 0 radical (unpaired) electrons. The van der Waals surface area contributed by atoms with Crippen LogP contribution in [0.1, 0.15) is 27.0 Å². The molecule has 0 spiro atoms. The van der Waals surface area contributed by atoms with Gasteiger partial charge in [-0.1, -0.05) is 35.9 Å². The van der Waals surface area contributed by atoms with E-state index in [0.29, 0.717) is 11.3 Å². The van der Waals surface area contributed by atoms with Crippen molar-refractivity contribution in [1.29, 1.82) is 0 Å². The van der Waals surface area contributed by atoms with Gasteiger partial charge in [0.05, 0.1) is 0 Å². The lowest BCUT2D eigenvalue weighted by Crippen LogP contribution is -2.18. The van der Waals surface area contributed by atoms with Crippen molar-refractivity contribution < 1.29 is 4.79 Å². The first-order valence-electron chi connectivity index (χ1n) is 6.88. The lowest BCUT2D eigenvalue weighted by Gasteiger charge is -2.18. The van der Waals surface area contributed by atoms with Crippen LogP contribution in [0, 0.1) is 6.92 Å². The largest absolute Gasteiger partial charge is 0.398 e. The van der Waals surface area contributed by atoms with Crippen molar-refractivity contribution in [3.05, 3.63) is 64.7 Å². The maximum atomic E-state index is 11.1. The highest BCUT2D eigenvalue weighted by Crippen LogP contribution is 2.17. The van der Waals surface area contributed by atoms with Gasteiger partial charge in [0.25, 0.3) is 0 Å². The van der Waals surface area contributed by atoms with Crippen LogP contribution in [0.4, 0.5) is 5.69 Å². The third-order valence-corrected chi connectivity index (χ3v) is 3.41. The predicted octanol–water partition coefficient (Wildman–Crippen LogP) is 2.31. The van der Waals surface area contributed by atoms with Crippen LogP contribution in [0.15, 0.2) is 42.5 Å². The topological polar surface area (TPSA) is 72.3 Å². The summed E-state index contributed by atoms with van der Waals surface area (Å²) < 4.78 is 0. The molecule has 0 unspecified atom stereocenters. The Labute approximate surface area is 125 Å². The molecule has 0 atom stereocenters. The molecular formula is C17H21N3O. The van der Waals surface area contributed by atoms with Crippen molar-refractivity contribution >= 4 is 11.6 Å². The highest BCUT2D eigenvalue weighted by molar-refractivity contribution is 5.93. The van der Waals surface area contributed by atoms with Gasteiger partial charge < -0.3 is 11.5 Å². The van der Waals surface area contributed by atoms with E-state index in [1.807, 2.05) is 13.1 Å². The summed E-state index contributed by atoms with van der Waals surface area (Å²) in [7, 11) is 2.05. The SMILES string of the molecule is Cc1cccc(CN(C)Cc2ccc(C(N)=O)cc2N)c1. The summed E-state index contributed by atoms with van der Waals surface area (Å²) in [6, 6.07) is 13.7. The lowest BCUT2D eigenvalue weighted by molar-refractivity contribution is 0.100. The summed E-state index contributed by atoms with van der Waals surface area (Å²) in [6.45, 7) is 3.65. The number of nitrogens with zero attached hydrogens (tertiary/aromatic N) is 1. The minimum absolute atomic E-state index is 0.442. The molecule has 0 heterocycles. The Kier molecular flexibility index (Phi) is 4.60. The van der Waals surface area contributed by atoms with E-state index < -0.39 is 5.91 Å². The molecule has 0 fully saturated rings. The van der Waals surface area contributed by atoms with E-state index in [1.54, 1.807) is 12.1 Å². The number of carbonyl (C=O) groups is 1. The summed E-state index contributed by atoms with van der Waals surface area (Å²) >= 11 is 0. The van der Waals surface area contributed by atoms with E-state index in [9.17, 15) is 4.79 Å². The number of hydrogen-bond donors (Lipinski definition) is 2. The van der Waals surface area contributed by atoms with E-state index in [-0.39, 0.29) is 0 Å². The van der Waals surface area contributed by atoms with Gasteiger partial charge in [0.2, 0.25) is 5.91 Å². The molecule has 0 aliphatic heterocycles. The second-order valence-electron chi connectivity index (χ2n) is 5.44. The smallest absolute Gasteiger partial charge is 0.248 e. The fourth-order valence-corrected chi connectivity index (χ4v) is 2.36. The molecule has 0 aromatic heterocycles. The number of nitrogens with two attached hydrogens (primary N) is 2. The summed E-state index contributed by atoms with van der Waals surface area (Å²) in [4.78, 5) is 13.3. The van der Waals surface area contributed by atoms with Gasteiger partial charge in [-0.05, 0) is 37.2 Å². The van der Waals surface area contributed by atoms with Gasteiger partial charge in [-0.15, -0.1) is 0 Å². The van der Waals surface area contributed by atoms with Crippen molar-refractivity contribution in [2.45, 2.75) is 20.0 Å². The van der Waals surface area contributed by atoms with Crippen LogP contribution in [0.3, 0.4) is 0 Å². The first kappa shape index (κ1) is 15.1. The molecular weight excluding hydrogens is 262 g/mol. The molecule has 110 valence electrons. The maximum Gasteiger partial charge on any atom is 0.248 e. The molecule has 0 saturated heterocycles. The summed E-state index contributed by atoms with van der Waals surface area (Å²) in [5, 5.41) is 0. The average Bonchev–Trinajstić information content (AvgIpc) is 2.40. The summed E-state index contributed by atoms with van der Waals surface area (Å²) in [5.41, 5.74) is 15.8. The van der Waals surface area contributed by atoms with E-state index in [2.05, 4.69) is 36.1 Å². The van der Waals surface area contributed by atoms with Gasteiger partial charge in [0.1, 0.15) is 0 Å². The van der Waals surface area contributed by atoms with Crippen LogP contribution in [-0.2, 0) is 13.1 Å². The van der Waals surface area contributed by atoms with Gasteiger partial charge in [-0.2, -0.15) is 0 Å². The van der Waals surface area contributed by atoms with Crippen LogP contribution in [0.5, 0.6) is 0 Å². The molecule has 2 aromatic carbocycles. The number of carbonyl (C=O) groups excluding carboxylic acids is 1. The Hall–Kier alpha value is -2.33. The molecule has 4 nitrogen and oxygen atoms in total. The van der Waals surface area contributed by atoms with Crippen LogP contribution in [-0.4, -0.2) is 17.9 Å². The first-order valence-corrected chi connectivity index (χ1v) is 6.88. The second-order valence-corrected chi connectivity index (χ2v) is 5.44. The summed E-state index contributed by atoms with van der Waals surface area (Å²) in [6.07, 6.45) is 0. The van der Waals surface area contributed by atoms with Crippen molar-refractivity contribution in [1.82, 2.24) is 4.90 Å². The minimum Gasteiger partial charge on any atom is -0.398 e. The zero-order chi connectivity index (χ0) is 15.4. The second kappa shape index (κ2) is 6.41. The Morgan fingerprint density at radius 2 is 1.90 bits per heavy atom. The van der Waals surface area contributed by atoms with Gasteiger partial charge in [0, 0.05) is 24.3 Å². The number of hydrogen-bond acceptors (Lipinski definition) is 3. The van der Waals surface area contributed by atoms with Crippen molar-refractivity contribution in [2.24, 2.45) is 5.73 Å². The molecule has 0 saturated carbocycles. The van der Waals surface area contributed by atoms with E-state index >= 15 is 0 Å². The number of anilines is 1. The van der Waals surface area contributed by atoms with Crippen molar-refractivity contribution in [2.75, 3.05) is 12.8 Å². The molecule has 2 aromatic rings. The number of aryl methyl sites for hydroxylation is 1. The van der Waals surface area contributed by atoms with Gasteiger partial charge >= 0.3 is 0 Å². The van der Waals surface area contributed by atoms with Crippen molar-refractivity contribution in [3.8, 4) is 0 Å². The normalized spacial score (nSPS) is 10.8. The quantitative estimate of drug-likeness (QED) is 0.827. The minimum atomic E-state index is -0.457. The zero-order valence-corrected chi connectivity index (χ0v) is 12.5. The van der Waals surface area contributed by atoms with Crippen LogP contribution < -0.4 is 11.5 Å². The van der Waals surface area contributed by atoms with E-state index in [0.717, 1.165) is 18.7 Å². The number of rotatable bonds is 5. The predicted molar refractivity (Wildman–Crippen MR) is 85.7 cm³/mol. The molecule has 1 amide bonds. The van der Waals surface area contributed by atoms with Crippen molar-refractivity contribution in [3.63, 3.8) is 0 Å². The van der Waals surface area contributed by atoms with E-state index in [1.165, 1.54) is 11.1 Å². The van der Waals surface area contributed by atoms with Crippen LogP contribution in [0.25, 0.3) is 0 Å². The third kappa shape index (κ3) is 4.07. The first-order chi connectivity index (χ1) is 9.95. The van der Waals surface area contributed by atoms with Crippen LogP contribution in [0.2, 0.25) is 0 Å². The summed E-state index contributed by atoms with van der Waals surface area (Å²) in [5.74, 6) is -0.457. The van der Waals surface area contributed by atoms with Crippen LogP contribution >= 0.6 is 0 Å². The highest BCUT2D eigenvalue weighted by atomic mass is 16.1. The Morgan fingerprint density at radius 3 is 2.52 bits per heavy atom. The highest BCUT2D eigenvalue weighted by Gasteiger charge is 2.08. The molecule has 0 bridgehead atoms. The van der Waals surface area contributed by atoms with Gasteiger partial charge in [-0.3, -0.25) is 9.69 Å². The van der Waals surface area contributed by atoms with Gasteiger partial charge in [0.15, 0.2) is 0 Å². The third-order valence-electron chi connectivity index (χ3n) is 3.41. The Bertz CT molecular complexity index is 652. The Morgan fingerprint density at radius 1 is 1.14 bits per heavy atom. The average molecular weight is 283 g/mol. The molecule has 4 N–H and O–H groups in total. The zero-order valence-electron chi connectivity index (χ0n) is 12.5. The molecule has 2 rings (SSSR count). The standard InChI is InChI=1S/C17H21N3O/c1-12-4-3-5-13(8-12)10-20(2)11-15-7-6-14(17(19)21)9-16(15)18/h3-9H,10-11,18H2,1-2H3,(H2,19,21). The fourth-order valence-electron chi connectivity index (χ4n) is 2.36. The molecule has 4 heteroatoms. The Balaban J connectivity index is 2.06. The lowest BCUT2D eigenvalue weighted by atomic mass is 10.1. The van der Waals surface area contributed by atoms with E-state index in [4.69, 9.17) is 11.5 Å². The molecule has 0 aliphatic carbocycles.